The van der Waals surface area contributed by atoms with Crippen molar-refractivity contribution in [3.8, 4) is 0 Å². The smallest absolute Gasteiger partial charge is 0.233 e. The van der Waals surface area contributed by atoms with Crippen LogP contribution in [0.3, 0.4) is 0 Å². The highest BCUT2D eigenvalue weighted by molar-refractivity contribution is 7.98. The van der Waals surface area contributed by atoms with Gasteiger partial charge < -0.3 is 10.6 Å². The molecular weight excluding hydrogens is 184 g/mol. The topological polar surface area (TPSA) is 41.1 Å². The van der Waals surface area contributed by atoms with Crippen LogP contribution in [0.25, 0.3) is 0 Å². The van der Waals surface area contributed by atoms with E-state index >= 15 is 0 Å². The van der Waals surface area contributed by atoms with E-state index in [1.165, 1.54) is 0 Å². The summed E-state index contributed by atoms with van der Waals surface area (Å²) in [6.07, 6.45) is 4.25. The van der Waals surface area contributed by atoms with Crippen molar-refractivity contribution >= 4 is 17.7 Å². The van der Waals surface area contributed by atoms with Crippen molar-refractivity contribution in [1.29, 1.82) is 0 Å². The minimum Gasteiger partial charge on any atom is -0.355 e. The van der Waals surface area contributed by atoms with E-state index in [1.807, 2.05) is 0 Å². The number of hydrogen-bond acceptors (Lipinski definition) is 3. The maximum absolute atomic E-state index is 11.1. The summed E-state index contributed by atoms with van der Waals surface area (Å²) in [5.74, 6) is 1.16. The number of amides is 1. The molecule has 2 N–H and O–H groups in total. The molecule has 1 amide bonds. The molecule has 4 heteroatoms. The minimum absolute atomic E-state index is 0.106. The van der Waals surface area contributed by atoms with Gasteiger partial charge in [-0.15, -0.1) is 0 Å². The van der Waals surface area contributed by atoms with Gasteiger partial charge in [-0.3, -0.25) is 4.79 Å². The van der Waals surface area contributed by atoms with E-state index in [0.717, 1.165) is 31.7 Å². The first-order chi connectivity index (χ1) is 6.31. The van der Waals surface area contributed by atoms with Gasteiger partial charge in [0, 0.05) is 18.8 Å². The lowest BCUT2D eigenvalue weighted by molar-refractivity contribution is -0.120. The van der Waals surface area contributed by atoms with E-state index in [4.69, 9.17) is 0 Å². The Labute approximate surface area is 85.0 Å². The molecule has 0 fully saturated rings. The first-order valence-electron chi connectivity index (χ1n) is 4.77. The van der Waals surface area contributed by atoms with Crippen molar-refractivity contribution in [2.45, 2.75) is 19.8 Å². The quantitative estimate of drug-likeness (QED) is 0.576. The van der Waals surface area contributed by atoms with Gasteiger partial charge in [0.15, 0.2) is 0 Å². The van der Waals surface area contributed by atoms with Gasteiger partial charge in [-0.2, -0.15) is 11.8 Å². The first kappa shape index (κ1) is 12.8. The van der Waals surface area contributed by atoms with Gasteiger partial charge in [0.25, 0.3) is 0 Å². The molecule has 13 heavy (non-hydrogen) atoms. The van der Waals surface area contributed by atoms with Gasteiger partial charge in [-0.05, 0) is 12.7 Å². The fourth-order valence-corrected chi connectivity index (χ4v) is 1.19. The zero-order valence-electron chi connectivity index (χ0n) is 8.56. The van der Waals surface area contributed by atoms with Gasteiger partial charge in [-0.1, -0.05) is 13.3 Å². The fraction of sp³-hybridized carbons (Fsp3) is 0.889. The molecule has 0 aromatic rings. The third kappa shape index (κ3) is 9.70. The van der Waals surface area contributed by atoms with Crippen molar-refractivity contribution < 1.29 is 4.79 Å². The standard InChI is InChI=1S/C9H20N2OS/c1-3-4-5-11-9(12)8-10-6-7-13-2/h10H,3-8H2,1-2H3,(H,11,12). The van der Waals surface area contributed by atoms with Crippen LogP contribution < -0.4 is 10.6 Å². The number of unbranched alkanes of at least 4 members (excludes halogenated alkanes) is 1. The largest absolute Gasteiger partial charge is 0.355 e. The predicted octanol–water partition coefficient (Wildman–Crippen LogP) is 0.855. The summed E-state index contributed by atoms with van der Waals surface area (Å²) in [6, 6.07) is 0. The summed E-state index contributed by atoms with van der Waals surface area (Å²) < 4.78 is 0. The summed E-state index contributed by atoms with van der Waals surface area (Å²) in [5.41, 5.74) is 0. The molecule has 0 aliphatic heterocycles. The lowest BCUT2D eigenvalue weighted by atomic mass is 10.3. The molecule has 0 spiro atoms. The Bertz CT molecular complexity index is 131. The second-order valence-corrected chi connectivity index (χ2v) is 3.86. The summed E-state index contributed by atoms with van der Waals surface area (Å²) in [6.45, 7) is 4.27. The van der Waals surface area contributed by atoms with Gasteiger partial charge in [-0.25, -0.2) is 0 Å². The molecular formula is C9H20N2OS. The van der Waals surface area contributed by atoms with Gasteiger partial charge in [0.05, 0.1) is 6.54 Å². The Balaban J connectivity index is 3.11. The molecule has 0 heterocycles. The Morgan fingerprint density at radius 3 is 2.77 bits per heavy atom. The van der Waals surface area contributed by atoms with E-state index < -0.39 is 0 Å². The maximum atomic E-state index is 11.1. The van der Waals surface area contributed by atoms with E-state index in [-0.39, 0.29) is 5.91 Å². The van der Waals surface area contributed by atoms with Crippen molar-refractivity contribution in [2.24, 2.45) is 0 Å². The van der Waals surface area contributed by atoms with Crippen molar-refractivity contribution in [2.75, 3.05) is 31.6 Å². The average molecular weight is 204 g/mol. The Morgan fingerprint density at radius 2 is 2.15 bits per heavy atom. The van der Waals surface area contributed by atoms with Crippen LogP contribution in [0.5, 0.6) is 0 Å². The van der Waals surface area contributed by atoms with Gasteiger partial charge in [0.2, 0.25) is 5.91 Å². The Kier molecular flexibility index (Phi) is 9.70. The molecule has 0 saturated carbocycles. The lowest BCUT2D eigenvalue weighted by Gasteiger charge is -2.04. The third-order valence-electron chi connectivity index (χ3n) is 1.62. The predicted molar refractivity (Wildman–Crippen MR) is 59.2 cm³/mol. The highest BCUT2D eigenvalue weighted by Crippen LogP contribution is 1.86. The molecule has 0 bridgehead atoms. The van der Waals surface area contributed by atoms with E-state index in [1.54, 1.807) is 11.8 Å². The summed E-state index contributed by atoms with van der Waals surface area (Å²) in [4.78, 5) is 11.1. The first-order valence-corrected chi connectivity index (χ1v) is 6.17. The molecule has 78 valence electrons. The molecule has 3 nitrogen and oxygen atoms in total. The molecule has 0 atom stereocenters. The summed E-state index contributed by atoms with van der Waals surface area (Å²) in [7, 11) is 0. The molecule has 0 unspecified atom stereocenters. The van der Waals surface area contributed by atoms with Crippen LogP contribution in [-0.4, -0.2) is 37.6 Å². The van der Waals surface area contributed by atoms with E-state index in [0.29, 0.717) is 6.54 Å². The molecule has 0 aliphatic carbocycles. The van der Waals surface area contributed by atoms with E-state index in [2.05, 4.69) is 23.8 Å². The Hall–Kier alpha value is -0.220. The molecule has 0 aromatic heterocycles. The van der Waals surface area contributed by atoms with Gasteiger partial charge >= 0.3 is 0 Å². The number of carbonyl (C=O) groups excluding carboxylic acids is 1. The number of rotatable bonds is 8. The summed E-state index contributed by atoms with van der Waals surface area (Å²) in [5, 5.41) is 5.93. The maximum Gasteiger partial charge on any atom is 0.233 e. The lowest BCUT2D eigenvalue weighted by Crippen LogP contribution is -2.35. The Morgan fingerprint density at radius 1 is 1.38 bits per heavy atom. The van der Waals surface area contributed by atoms with Crippen LogP contribution in [-0.2, 0) is 4.79 Å². The van der Waals surface area contributed by atoms with E-state index in [9.17, 15) is 4.79 Å². The molecule has 0 radical (unpaired) electrons. The van der Waals surface area contributed by atoms with Crippen LogP contribution in [0, 0.1) is 0 Å². The van der Waals surface area contributed by atoms with Crippen LogP contribution in [0.15, 0.2) is 0 Å². The highest BCUT2D eigenvalue weighted by Gasteiger charge is 1.97. The molecule has 0 saturated heterocycles. The number of carbonyl (C=O) groups is 1. The second kappa shape index (κ2) is 9.86. The van der Waals surface area contributed by atoms with Gasteiger partial charge in [0.1, 0.15) is 0 Å². The molecule has 0 aromatic carbocycles. The highest BCUT2D eigenvalue weighted by atomic mass is 32.2. The average Bonchev–Trinajstić information content (AvgIpc) is 2.13. The zero-order valence-corrected chi connectivity index (χ0v) is 9.38. The fourth-order valence-electron chi connectivity index (χ4n) is 0.843. The molecule has 0 rings (SSSR count). The van der Waals surface area contributed by atoms with Crippen LogP contribution >= 0.6 is 11.8 Å². The van der Waals surface area contributed by atoms with Crippen molar-refractivity contribution in [3.05, 3.63) is 0 Å². The number of thioether (sulfide) groups is 1. The SMILES string of the molecule is CCCCNC(=O)CNCCSC. The molecule has 0 aliphatic rings. The monoisotopic (exact) mass is 204 g/mol. The third-order valence-corrected chi connectivity index (χ3v) is 2.23. The van der Waals surface area contributed by atoms with Crippen LogP contribution in [0.1, 0.15) is 19.8 Å². The zero-order chi connectivity index (χ0) is 9.94. The van der Waals surface area contributed by atoms with Crippen LogP contribution in [0.4, 0.5) is 0 Å². The number of hydrogen-bond donors (Lipinski definition) is 2. The minimum atomic E-state index is 0.106. The summed E-state index contributed by atoms with van der Waals surface area (Å²) >= 11 is 1.78. The normalized spacial score (nSPS) is 10.0. The van der Waals surface area contributed by atoms with Crippen molar-refractivity contribution in [1.82, 2.24) is 10.6 Å². The van der Waals surface area contributed by atoms with Crippen molar-refractivity contribution in [3.63, 3.8) is 0 Å². The number of nitrogens with one attached hydrogen (secondary N) is 2. The second-order valence-electron chi connectivity index (χ2n) is 2.87. The van der Waals surface area contributed by atoms with Crippen LogP contribution in [0.2, 0.25) is 0 Å².